The van der Waals surface area contributed by atoms with Crippen LogP contribution < -0.4 is 21.1 Å². The van der Waals surface area contributed by atoms with Gasteiger partial charge in [-0.3, -0.25) is 14.6 Å². The van der Waals surface area contributed by atoms with E-state index in [1.54, 1.807) is 30.3 Å². The summed E-state index contributed by atoms with van der Waals surface area (Å²) in [6.07, 6.45) is -0.147. The number of nitrogens with zero attached hydrogens (tertiary/aromatic N) is 1. The fourth-order valence-corrected chi connectivity index (χ4v) is 3.14. The number of carbonyl (C=O) groups excluding carboxylic acids is 2. The standard InChI is InChI=1S/C25H23F3N4O3/c1-30-24(34)22-15-21(8-10-31-22)35-20-4-2-3-16(13-20)5-6-23(33)32-19-12-17(7-9-29)11-18(14-19)25(26,27)28/h2-6,8,10-15H,7,9,29H2,1H3,(H,30,34)(H,32,33). The number of amides is 2. The first-order valence-corrected chi connectivity index (χ1v) is 10.5. The van der Waals surface area contributed by atoms with Gasteiger partial charge in [0.1, 0.15) is 17.2 Å². The molecule has 0 aliphatic rings. The van der Waals surface area contributed by atoms with Gasteiger partial charge in [-0.15, -0.1) is 0 Å². The lowest BCUT2D eigenvalue weighted by Gasteiger charge is -2.12. The van der Waals surface area contributed by atoms with Crippen molar-refractivity contribution in [1.82, 2.24) is 10.3 Å². The molecule has 2 amide bonds. The minimum Gasteiger partial charge on any atom is -0.457 e. The lowest BCUT2D eigenvalue weighted by atomic mass is 10.1. The van der Waals surface area contributed by atoms with Crippen molar-refractivity contribution in [3.05, 3.63) is 89.3 Å². The number of anilines is 1. The Morgan fingerprint density at radius 3 is 2.57 bits per heavy atom. The highest BCUT2D eigenvalue weighted by Gasteiger charge is 2.31. The van der Waals surface area contributed by atoms with E-state index in [1.165, 1.54) is 37.5 Å². The third kappa shape index (κ3) is 7.41. The van der Waals surface area contributed by atoms with Crippen LogP contribution in [0.1, 0.15) is 27.2 Å². The second kappa shape index (κ2) is 11.3. The number of nitrogens with two attached hydrogens (primary N) is 1. The third-order valence-electron chi connectivity index (χ3n) is 4.73. The smallest absolute Gasteiger partial charge is 0.416 e. The van der Waals surface area contributed by atoms with E-state index < -0.39 is 17.6 Å². The van der Waals surface area contributed by atoms with Gasteiger partial charge in [-0.05, 0) is 66.6 Å². The number of carbonyl (C=O) groups is 2. The number of aromatic nitrogens is 1. The topological polar surface area (TPSA) is 106 Å². The highest BCUT2D eigenvalue weighted by molar-refractivity contribution is 6.02. The lowest BCUT2D eigenvalue weighted by Crippen LogP contribution is -2.18. The predicted molar refractivity (Wildman–Crippen MR) is 126 cm³/mol. The molecule has 1 heterocycles. The van der Waals surface area contributed by atoms with Gasteiger partial charge in [0.05, 0.1) is 5.56 Å². The molecule has 3 rings (SSSR count). The van der Waals surface area contributed by atoms with Crippen LogP contribution in [0.25, 0.3) is 6.08 Å². The molecule has 0 saturated heterocycles. The molecule has 0 atom stereocenters. The summed E-state index contributed by atoms with van der Waals surface area (Å²) in [6, 6.07) is 13.2. The summed E-state index contributed by atoms with van der Waals surface area (Å²) in [5.41, 5.74) is 5.82. The molecule has 7 nitrogen and oxygen atoms in total. The molecule has 0 aliphatic carbocycles. The van der Waals surface area contributed by atoms with Crippen molar-refractivity contribution in [2.24, 2.45) is 5.73 Å². The molecule has 10 heteroatoms. The highest BCUT2D eigenvalue weighted by Crippen LogP contribution is 2.32. The number of pyridine rings is 1. The summed E-state index contributed by atoms with van der Waals surface area (Å²) in [7, 11) is 1.50. The molecule has 0 aliphatic heterocycles. The van der Waals surface area contributed by atoms with Crippen molar-refractivity contribution in [2.75, 3.05) is 18.9 Å². The Bertz CT molecular complexity index is 1240. The van der Waals surface area contributed by atoms with E-state index in [9.17, 15) is 22.8 Å². The molecule has 1 aromatic heterocycles. The molecule has 0 unspecified atom stereocenters. The van der Waals surface area contributed by atoms with Crippen LogP contribution in [-0.4, -0.2) is 30.4 Å². The summed E-state index contributed by atoms with van der Waals surface area (Å²) in [5.74, 6) is -0.103. The van der Waals surface area contributed by atoms with Crippen LogP contribution in [0.4, 0.5) is 18.9 Å². The second-order valence-electron chi connectivity index (χ2n) is 7.41. The fraction of sp³-hybridized carbons (Fsp3) is 0.160. The second-order valence-corrected chi connectivity index (χ2v) is 7.41. The van der Waals surface area contributed by atoms with Gasteiger partial charge < -0.3 is 21.1 Å². The molecule has 182 valence electrons. The zero-order valence-electron chi connectivity index (χ0n) is 18.7. The van der Waals surface area contributed by atoms with Crippen molar-refractivity contribution in [3.8, 4) is 11.5 Å². The number of halogens is 3. The Hall–Kier alpha value is -4.18. The number of benzene rings is 2. The number of hydrogen-bond acceptors (Lipinski definition) is 5. The maximum atomic E-state index is 13.2. The average Bonchev–Trinajstić information content (AvgIpc) is 2.82. The van der Waals surface area contributed by atoms with Crippen LogP contribution in [0.5, 0.6) is 11.5 Å². The molecule has 0 bridgehead atoms. The monoisotopic (exact) mass is 484 g/mol. The zero-order chi connectivity index (χ0) is 25.4. The quantitative estimate of drug-likeness (QED) is 0.411. The third-order valence-corrected chi connectivity index (χ3v) is 4.73. The fourth-order valence-electron chi connectivity index (χ4n) is 3.14. The van der Waals surface area contributed by atoms with Gasteiger partial charge in [0.15, 0.2) is 0 Å². The van der Waals surface area contributed by atoms with Crippen LogP contribution in [-0.2, 0) is 17.4 Å². The number of rotatable bonds is 8. The summed E-state index contributed by atoms with van der Waals surface area (Å²) in [4.78, 5) is 28.0. The lowest BCUT2D eigenvalue weighted by molar-refractivity contribution is -0.137. The van der Waals surface area contributed by atoms with E-state index in [0.29, 0.717) is 22.6 Å². The van der Waals surface area contributed by atoms with Crippen LogP contribution in [0.3, 0.4) is 0 Å². The summed E-state index contributed by atoms with van der Waals surface area (Å²) >= 11 is 0. The first-order valence-electron chi connectivity index (χ1n) is 10.5. The zero-order valence-corrected chi connectivity index (χ0v) is 18.7. The maximum absolute atomic E-state index is 13.2. The van der Waals surface area contributed by atoms with Crippen molar-refractivity contribution < 1.29 is 27.5 Å². The van der Waals surface area contributed by atoms with Crippen molar-refractivity contribution in [1.29, 1.82) is 0 Å². The van der Waals surface area contributed by atoms with E-state index in [-0.39, 0.29) is 30.3 Å². The predicted octanol–water partition coefficient (Wildman–Crippen LogP) is 4.41. The van der Waals surface area contributed by atoms with Gasteiger partial charge >= 0.3 is 6.18 Å². The molecular formula is C25H23F3N4O3. The van der Waals surface area contributed by atoms with Crippen molar-refractivity contribution >= 4 is 23.6 Å². The van der Waals surface area contributed by atoms with Gasteiger partial charge in [0.2, 0.25) is 5.91 Å². The van der Waals surface area contributed by atoms with Gasteiger partial charge in [-0.1, -0.05) is 12.1 Å². The Morgan fingerprint density at radius 2 is 1.86 bits per heavy atom. The van der Waals surface area contributed by atoms with Crippen LogP contribution >= 0.6 is 0 Å². The molecule has 0 saturated carbocycles. The van der Waals surface area contributed by atoms with Crippen molar-refractivity contribution in [2.45, 2.75) is 12.6 Å². The molecule has 4 N–H and O–H groups in total. The SMILES string of the molecule is CNC(=O)c1cc(Oc2cccc(C=CC(=O)Nc3cc(CCN)cc(C(F)(F)F)c3)c2)ccn1. The molecular weight excluding hydrogens is 461 g/mol. The largest absolute Gasteiger partial charge is 0.457 e. The molecule has 0 spiro atoms. The minimum atomic E-state index is -4.55. The Balaban J connectivity index is 1.71. The molecule has 0 fully saturated rings. The highest BCUT2D eigenvalue weighted by atomic mass is 19.4. The van der Waals surface area contributed by atoms with Gasteiger partial charge in [0.25, 0.3) is 5.91 Å². The Morgan fingerprint density at radius 1 is 1.09 bits per heavy atom. The first-order chi connectivity index (χ1) is 16.7. The Kier molecular flexibility index (Phi) is 8.21. The van der Waals surface area contributed by atoms with E-state index in [2.05, 4.69) is 15.6 Å². The Labute approximate surface area is 199 Å². The van der Waals surface area contributed by atoms with Crippen LogP contribution in [0.15, 0.2) is 66.9 Å². The summed E-state index contributed by atoms with van der Waals surface area (Å²) in [5, 5.41) is 4.94. The normalized spacial score (nSPS) is 11.3. The summed E-state index contributed by atoms with van der Waals surface area (Å²) in [6.45, 7) is 0.180. The molecule has 0 radical (unpaired) electrons. The maximum Gasteiger partial charge on any atom is 0.416 e. The number of ether oxygens (including phenoxy) is 1. The molecule has 2 aromatic carbocycles. The number of alkyl halides is 3. The van der Waals surface area contributed by atoms with Gasteiger partial charge in [-0.25, -0.2) is 0 Å². The van der Waals surface area contributed by atoms with Crippen molar-refractivity contribution in [3.63, 3.8) is 0 Å². The molecule has 3 aromatic rings. The van der Waals surface area contributed by atoms with Crippen LogP contribution in [0, 0.1) is 0 Å². The van der Waals surface area contributed by atoms with Gasteiger partial charge in [-0.2, -0.15) is 13.2 Å². The van der Waals surface area contributed by atoms with E-state index in [4.69, 9.17) is 10.5 Å². The molecule has 35 heavy (non-hydrogen) atoms. The average molecular weight is 484 g/mol. The van der Waals surface area contributed by atoms with Gasteiger partial charge in [0, 0.05) is 31.1 Å². The summed E-state index contributed by atoms with van der Waals surface area (Å²) < 4.78 is 45.3. The van der Waals surface area contributed by atoms with E-state index in [0.717, 1.165) is 12.1 Å². The minimum absolute atomic E-state index is 0.0274. The van der Waals surface area contributed by atoms with Crippen LogP contribution in [0.2, 0.25) is 0 Å². The number of hydrogen-bond donors (Lipinski definition) is 3. The first kappa shape index (κ1) is 25.4. The van der Waals surface area contributed by atoms with E-state index in [1.807, 2.05) is 0 Å². The number of nitrogens with one attached hydrogen (secondary N) is 2. The van der Waals surface area contributed by atoms with E-state index >= 15 is 0 Å².